The zero-order valence-electron chi connectivity index (χ0n) is 14.6. The van der Waals surface area contributed by atoms with Crippen LogP contribution in [0, 0.1) is 12.7 Å². The number of halogens is 4. The Kier molecular flexibility index (Phi) is 4.25. The van der Waals surface area contributed by atoms with E-state index >= 15 is 0 Å². The molecule has 0 amide bonds. The highest BCUT2D eigenvalue weighted by Crippen LogP contribution is 2.27. The number of imidazole rings is 1. The van der Waals surface area contributed by atoms with Crippen molar-refractivity contribution in [2.75, 3.05) is 5.32 Å². The van der Waals surface area contributed by atoms with Crippen molar-refractivity contribution in [2.45, 2.75) is 19.6 Å². The molecule has 0 spiro atoms. The van der Waals surface area contributed by atoms with Crippen LogP contribution < -0.4 is 5.32 Å². The lowest BCUT2D eigenvalue weighted by Gasteiger charge is -2.09. The predicted molar refractivity (Wildman–Crippen MR) is 95.1 cm³/mol. The molecule has 0 saturated carbocycles. The van der Waals surface area contributed by atoms with E-state index in [-0.39, 0.29) is 0 Å². The molecule has 1 aromatic carbocycles. The summed E-state index contributed by atoms with van der Waals surface area (Å²) in [6, 6.07) is 4.52. The molecule has 0 saturated heterocycles. The number of rotatable bonds is 4. The number of pyridine rings is 1. The number of nitrogens with zero attached hydrogens (tertiary/aromatic N) is 5. The van der Waals surface area contributed by atoms with Crippen molar-refractivity contribution in [3.8, 4) is 5.69 Å². The molecular formula is C18H14F4N6. The number of aromatic nitrogens is 5. The Balaban J connectivity index is 1.63. The van der Waals surface area contributed by atoms with Crippen molar-refractivity contribution < 1.29 is 17.6 Å². The molecule has 3 aromatic heterocycles. The summed E-state index contributed by atoms with van der Waals surface area (Å²) in [5.41, 5.74) is 2.20. The summed E-state index contributed by atoms with van der Waals surface area (Å²) in [6.07, 6.45) is 2.95. The molecule has 10 heteroatoms. The fraction of sp³-hybridized carbons (Fsp3) is 0.167. The highest BCUT2D eigenvalue weighted by atomic mass is 19.4. The van der Waals surface area contributed by atoms with Crippen LogP contribution in [0.15, 0.2) is 49.3 Å². The first-order valence-corrected chi connectivity index (χ1v) is 8.24. The number of alkyl halides is 3. The van der Waals surface area contributed by atoms with Gasteiger partial charge >= 0.3 is 6.18 Å². The van der Waals surface area contributed by atoms with Crippen LogP contribution in [0.25, 0.3) is 16.6 Å². The Morgan fingerprint density at radius 3 is 2.64 bits per heavy atom. The fourth-order valence-electron chi connectivity index (χ4n) is 2.85. The first-order chi connectivity index (χ1) is 13.3. The van der Waals surface area contributed by atoms with Crippen LogP contribution in [0.3, 0.4) is 0 Å². The number of hydrogen-bond donors (Lipinski definition) is 1. The average Bonchev–Trinajstić information content (AvgIpc) is 3.20. The van der Waals surface area contributed by atoms with Crippen molar-refractivity contribution >= 4 is 22.3 Å². The quantitative estimate of drug-likeness (QED) is 0.526. The molecule has 4 aromatic rings. The minimum atomic E-state index is -4.38. The standard InChI is InChI=1S/C18H14F4N6/c1-11-7-27(10-24-11)16-3-2-13(4-14(16)19)25-15-6-23-5-12-8-28(26-17(12)15)9-18(20,21)22/h2-8,10,25H,9H2,1H3. The second-order valence-electron chi connectivity index (χ2n) is 6.28. The van der Waals surface area contributed by atoms with Gasteiger partial charge in [0.1, 0.15) is 17.9 Å². The van der Waals surface area contributed by atoms with E-state index in [1.54, 1.807) is 29.8 Å². The Morgan fingerprint density at radius 2 is 1.96 bits per heavy atom. The van der Waals surface area contributed by atoms with Gasteiger partial charge in [-0.15, -0.1) is 0 Å². The topological polar surface area (TPSA) is 60.6 Å². The van der Waals surface area contributed by atoms with Gasteiger partial charge in [0.2, 0.25) is 0 Å². The maximum Gasteiger partial charge on any atom is 0.408 e. The second kappa shape index (κ2) is 6.63. The summed E-state index contributed by atoms with van der Waals surface area (Å²) < 4.78 is 54.7. The Bertz CT molecular complexity index is 1140. The first kappa shape index (κ1) is 18.0. The van der Waals surface area contributed by atoms with E-state index in [2.05, 4.69) is 20.4 Å². The van der Waals surface area contributed by atoms with Crippen molar-refractivity contribution in [2.24, 2.45) is 0 Å². The van der Waals surface area contributed by atoms with Crippen molar-refractivity contribution in [1.29, 1.82) is 0 Å². The number of anilines is 2. The maximum absolute atomic E-state index is 14.5. The molecule has 0 atom stereocenters. The highest BCUT2D eigenvalue weighted by molar-refractivity contribution is 5.90. The smallest absolute Gasteiger partial charge is 0.352 e. The molecule has 6 nitrogen and oxygen atoms in total. The van der Waals surface area contributed by atoms with E-state index in [0.717, 1.165) is 10.4 Å². The predicted octanol–water partition coefficient (Wildman–Crippen LogP) is 4.37. The minimum Gasteiger partial charge on any atom is -0.352 e. The van der Waals surface area contributed by atoms with Gasteiger partial charge < -0.3 is 9.88 Å². The van der Waals surface area contributed by atoms with Crippen LogP contribution >= 0.6 is 0 Å². The van der Waals surface area contributed by atoms with E-state index in [0.29, 0.717) is 28.0 Å². The van der Waals surface area contributed by atoms with Crippen LogP contribution in [0.2, 0.25) is 0 Å². The Hall–Kier alpha value is -3.43. The van der Waals surface area contributed by atoms with Crippen LogP contribution in [0.1, 0.15) is 5.69 Å². The van der Waals surface area contributed by atoms with E-state index < -0.39 is 18.5 Å². The molecule has 0 radical (unpaired) electrons. The summed E-state index contributed by atoms with van der Waals surface area (Å²) in [7, 11) is 0. The van der Waals surface area contributed by atoms with Crippen molar-refractivity contribution in [1.82, 2.24) is 24.3 Å². The number of fused-ring (bicyclic) bond motifs is 1. The van der Waals surface area contributed by atoms with Gasteiger partial charge in [-0.3, -0.25) is 9.67 Å². The van der Waals surface area contributed by atoms with Gasteiger partial charge in [0.05, 0.1) is 29.6 Å². The van der Waals surface area contributed by atoms with Crippen molar-refractivity contribution in [3.05, 3.63) is 60.8 Å². The third-order valence-corrected chi connectivity index (χ3v) is 4.02. The van der Waals surface area contributed by atoms with Crippen LogP contribution in [-0.4, -0.2) is 30.5 Å². The van der Waals surface area contributed by atoms with Gasteiger partial charge in [-0.05, 0) is 25.1 Å². The highest BCUT2D eigenvalue weighted by Gasteiger charge is 2.28. The van der Waals surface area contributed by atoms with Gasteiger partial charge in [-0.25, -0.2) is 9.37 Å². The Labute approximate surface area is 156 Å². The van der Waals surface area contributed by atoms with Gasteiger partial charge in [0, 0.05) is 29.7 Å². The lowest BCUT2D eigenvalue weighted by atomic mass is 10.2. The van der Waals surface area contributed by atoms with E-state index in [9.17, 15) is 17.6 Å². The van der Waals surface area contributed by atoms with Gasteiger partial charge in [0.25, 0.3) is 0 Å². The molecule has 144 valence electrons. The molecule has 0 unspecified atom stereocenters. The third-order valence-electron chi connectivity index (χ3n) is 4.02. The number of benzene rings is 1. The van der Waals surface area contributed by atoms with Gasteiger partial charge in [-0.1, -0.05) is 0 Å². The normalized spacial score (nSPS) is 11.9. The molecule has 0 fully saturated rings. The molecule has 0 aliphatic carbocycles. The largest absolute Gasteiger partial charge is 0.408 e. The molecule has 1 N–H and O–H groups in total. The van der Waals surface area contributed by atoms with E-state index in [1.165, 1.54) is 31.0 Å². The van der Waals surface area contributed by atoms with Gasteiger partial charge in [0.15, 0.2) is 0 Å². The zero-order chi connectivity index (χ0) is 19.9. The fourth-order valence-corrected chi connectivity index (χ4v) is 2.85. The first-order valence-electron chi connectivity index (χ1n) is 8.24. The molecule has 0 bridgehead atoms. The number of nitrogens with one attached hydrogen (secondary N) is 1. The summed E-state index contributed by atoms with van der Waals surface area (Å²) in [5, 5.41) is 7.38. The molecule has 4 rings (SSSR count). The Morgan fingerprint density at radius 1 is 1.14 bits per heavy atom. The lowest BCUT2D eigenvalue weighted by Crippen LogP contribution is -2.17. The molecule has 0 aliphatic heterocycles. The summed E-state index contributed by atoms with van der Waals surface area (Å²) in [5.74, 6) is -0.481. The molecular weight excluding hydrogens is 376 g/mol. The SMILES string of the molecule is Cc1cn(-c2ccc(Nc3cncc4cn(CC(F)(F)F)nc34)cc2F)cn1. The monoisotopic (exact) mass is 390 g/mol. The van der Waals surface area contributed by atoms with Crippen LogP contribution in [0.4, 0.5) is 28.9 Å². The summed E-state index contributed by atoms with van der Waals surface area (Å²) in [4.78, 5) is 8.07. The molecule has 0 aliphatic rings. The van der Waals surface area contributed by atoms with Crippen LogP contribution in [0.5, 0.6) is 0 Å². The summed E-state index contributed by atoms with van der Waals surface area (Å²) in [6.45, 7) is 0.602. The van der Waals surface area contributed by atoms with E-state index in [4.69, 9.17) is 0 Å². The number of aryl methyl sites for hydroxylation is 1. The second-order valence-corrected chi connectivity index (χ2v) is 6.28. The van der Waals surface area contributed by atoms with E-state index in [1.807, 2.05) is 0 Å². The van der Waals surface area contributed by atoms with Crippen molar-refractivity contribution in [3.63, 3.8) is 0 Å². The van der Waals surface area contributed by atoms with Gasteiger partial charge in [-0.2, -0.15) is 18.3 Å². The number of hydrogen-bond acceptors (Lipinski definition) is 4. The zero-order valence-corrected chi connectivity index (χ0v) is 14.6. The molecule has 28 heavy (non-hydrogen) atoms. The molecule has 3 heterocycles. The lowest BCUT2D eigenvalue weighted by molar-refractivity contribution is -0.142. The third kappa shape index (κ3) is 3.66. The van der Waals surface area contributed by atoms with Crippen LogP contribution in [-0.2, 0) is 6.54 Å². The maximum atomic E-state index is 14.5. The average molecular weight is 390 g/mol. The summed E-state index contributed by atoms with van der Waals surface area (Å²) >= 11 is 0. The minimum absolute atomic E-state index is 0.314.